The van der Waals surface area contributed by atoms with Crippen LogP contribution < -0.4 is 15.0 Å². The molecule has 138 valence electrons. The second-order valence-electron chi connectivity index (χ2n) is 7.31. The molecule has 1 aliphatic heterocycles. The Morgan fingerprint density at radius 3 is 2.85 bits per heavy atom. The molecule has 1 N–H and O–H groups in total. The first kappa shape index (κ1) is 16.2. The van der Waals surface area contributed by atoms with Gasteiger partial charge in [0.1, 0.15) is 17.2 Å². The highest BCUT2D eigenvalue weighted by atomic mass is 16.5. The summed E-state index contributed by atoms with van der Waals surface area (Å²) >= 11 is 0. The molecule has 0 saturated heterocycles. The third-order valence-electron chi connectivity index (χ3n) is 5.68. The highest BCUT2D eigenvalue weighted by Gasteiger charge is 2.23. The van der Waals surface area contributed by atoms with Crippen molar-refractivity contribution in [2.75, 3.05) is 23.9 Å². The highest BCUT2D eigenvalue weighted by Crippen LogP contribution is 2.35. The van der Waals surface area contributed by atoms with Gasteiger partial charge in [-0.2, -0.15) is 0 Å². The van der Waals surface area contributed by atoms with Crippen LogP contribution in [0.25, 0.3) is 11.0 Å². The van der Waals surface area contributed by atoms with Crippen LogP contribution in [0, 0.1) is 0 Å². The van der Waals surface area contributed by atoms with Gasteiger partial charge in [0.05, 0.1) is 5.69 Å². The van der Waals surface area contributed by atoms with Crippen molar-refractivity contribution in [1.29, 1.82) is 0 Å². The minimum atomic E-state index is -0.0476. The van der Waals surface area contributed by atoms with Gasteiger partial charge < -0.3 is 19.5 Å². The van der Waals surface area contributed by atoms with Crippen LogP contribution in [0.15, 0.2) is 30.3 Å². The zero-order chi connectivity index (χ0) is 18.5. The molecule has 2 aliphatic rings. The monoisotopic (exact) mass is 362 g/mol. The summed E-state index contributed by atoms with van der Waals surface area (Å²) in [5.74, 6) is 1.47. The van der Waals surface area contributed by atoms with E-state index < -0.39 is 0 Å². The largest absolute Gasteiger partial charge is 0.482 e. The average molecular weight is 362 g/mol. The van der Waals surface area contributed by atoms with E-state index in [1.54, 1.807) is 11.9 Å². The van der Waals surface area contributed by atoms with Crippen LogP contribution in [0.5, 0.6) is 5.75 Å². The number of aromatic nitrogens is 2. The Balaban J connectivity index is 1.50. The predicted octanol–water partition coefficient (Wildman–Crippen LogP) is 3.55. The summed E-state index contributed by atoms with van der Waals surface area (Å²) in [6.45, 7) is 0.0899. The Kier molecular flexibility index (Phi) is 3.60. The molecule has 3 aromatic rings. The average Bonchev–Trinajstić information content (AvgIpc) is 2.98. The van der Waals surface area contributed by atoms with E-state index in [0.717, 1.165) is 41.4 Å². The van der Waals surface area contributed by atoms with Crippen molar-refractivity contribution in [1.82, 2.24) is 9.55 Å². The molecule has 1 amide bonds. The number of ether oxygens (including phenoxy) is 1. The van der Waals surface area contributed by atoms with Gasteiger partial charge in [0.15, 0.2) is 6.61 Å². The number of amides is 1. The van der Waals surface area contributed by atoms with E-state index in [0.29, 0.717) is 0 Å². The number of hydrogen-bond acceptors (Lipinski definition) is 4. The highest BCUT2D eigenvalue weighted by molar-refractivity contribution is 5.98. The van der Waals surface area contributed by atoms with Crippen LogP contribution in [-0.2, 0) is 24.7 Å². The molecule has 6 heteroatoms. The van der Waals surface area contributed by atoms with Gasteiger partial charge in [-0.15, -0.1) is 0 Å². The summed E-state index contributed by atoms with van der Waals surface area (Å²) in [6.07, 6.45) is 4.80. The smallest absolute Gasteiger partial charge is 0.264 e. The molecule has 0 unspecified atom stereocenters. The van der Waals surface area contributed by atoms with Gasteiger partial charge in [-0.05, 0) is 61.6 Å². The van der Waals surface area contributed by atoms with E-state index in [1.165, 1.54) is 29.5 Å². The Bertz CT molecular complexity index is 1070. The van der Waals surface area contributed by atoms with E-state index in [9.17, 15) is 4.79 Å². The molecule has 0 bridgehead atoms. The number of fused-ring (bicyclic) bond motifs is 4. The molecule has 0 spiro atoms. The number of hydrogen-bond donors (Lipinski definition) is 1. The van der Waals surface area contributed by atoms with Crippen LogP contribution >= 0.6 is 0 Å². The normalized spacial score (nSPS) is 16.1. The molecule has 0 radical (unpaired) electrons. The maximum atomic E-state index is 11.9. The molecule has 3 heterocycles. The number of nitrogens with zero attached hydrogens (tertiary/aromatic N) is 3. The fourth-order valence-corrected chi connectivity index (χ4v) is 4.18. The molecule has 6 nitrogen and oxygen atoms in total. The van der Waals surface area contributed by atoms with Crippen molar-refractivity contribution in [3.63, 3.8) is 0 Å². The molecule has 5 rings (SSSR count). The standard InChI is InChI=1S/C21H22N4O2/c1-24-17-11-13(7-9-18(17)27-12-20(24)26)22-19-10-8-15-14-5-3-4-6-16(14)25(2)21(15)23-19/h7-11H,3-6,12H2,1-2H3,(H,22,23). The lowest BCUT2D eigenvalue weighted by Crippen LogP contribution is -2.35. The Morgan fingerprint density at radius 1 is 1.11 bits per heavy atom. The number of likely N-dealkylation sites (N-methyl/N-ethyl adjacent to an activating group) is 1. The number of pyridine rings is 1. The quantitative estimate of drug-likeness (QED) is 0.757. The summed E-state index contributed by atoms with van der Waals surface area (Å²) in [5, 5.41) is 4.64. The lowest BCUT2D eigenvalue weighted by Gasteiger charge is -2.26. The van der Waals surface area contributed by atoms with Gasteiger partial charge in [-0.25, -0.2) is 4.98 Å². The summed E-state index contributed by atoms with van der Waals surface area (Å²) in [6, 6.07) is 9.97. The van der Waals surface area contributed by atoms with Crippen LogP contribution in [0.2, 0.25) is 0 Å². The minimum Gasteiger partial charge on any atom is -0.482 e. The van der Waals surface area contributed by atoms with Crippen LogP contribution in [-0.4, -0.2) is 29.1 Å². The van der Waals surface area contributed by atoms with Crippen molar-refractivity contribution in [3.8, 4) is 5.75 Å². The third-order valence-corrected chi connectivity index (χ3v) is 5.68. The van der Waals surface area contributed by atoms with Crippen molar-refractivity contribution in [2.45, 2.75) is 25.7 Å². The van der Waals surface area contributed by atoms with E-state index in [2.05, 4.69) is 23.0 Å². The van der Waals surface area contributed by atoms with E-state index in [1.807, 2.05) is 24.3 Å². The summed E-state index contributed by atoms with van der Waals surface area (Å²) < 4.78 is 7.73. The molecule has 27 heavy (non-hydrogen) atoms. The number of nitrogens with one attached hydrogen (secondary N) is 1. The summed E-state index contributed by atoms with van der Waals surface area (Å²) in [5.41, 5.74) is 5.56. The summed E-state index contributed by atoms with van der Waals surface area (Å²) in [4.78, 5) is 18.4. The zero-order valence-corrected chi connectivity index (χ0v) is 15.6. The molecule has 0 fully saturated rings. The Hall–Kier alpha value is -3.02. The SMILES string of the molecule is CN1C(=O)COc2ccc(Nc3ccc4c5c(n(C)c4n3)CCCC5)cc21. The number of benzene rings is 1. The molecular formula is C21H22N4O2. The van der Waals surface area contributed by atoms with Gasteiger partial charge in [-0.1, -0.05) is 0 Å². The molecule has 1 aromatic carbocycles. The Labute approximate surface area is 157 Å². The van der Waals surface area contributed by atoms with Crippen molar-refractivity contribution in [3.05, 3.63) is 41.6 Å². The minimum absolute atomic E-state index is 0.0476. The number of anilines is 3. The van der Waals surface area contributed by atoms with Crippen LogP contribution in [0.1, 0.15) is 24.1 Å². The van der Waals surface area contributed by atoms with Crippen molar-refractivity contribution in [2.24, 2.45) is 7.05 Å². The molecular weight excluding hydrogens is 340 g/mol. The predicted molar refractivity (Wildman–Crippen MR) is 106 cm³/mol. The zero-order valence-electron chi connectivity index (χ0n) is 15.6. The van der Waals surface area contributed by atoms with E-state index in [4.69, 9.17) is 9.72 Å². The fraction of sp³-hybridized carbons (Fsp3) is 0.333. The topological polar surface area (TPSA) is 59.4 Å². The number of aryl methyl sites for hydroxylation is 2. The fourth-order valence-electron chi connectivity index (χ4n) is 4.18. The number of carbonyl (C=O) groups excluding carboxylic acids is 1. The van der Waals surface area contributed by atoms with Gasteiger partial charge in [0.2, 0.25) is 0 Å². The summed E-state index contributed by atoms with van der Waals surface area (Å²) in [7, 11) is 3.88. The number of carbonyl (C=O) groups is 1. The van der Waals surface area contributed by atoms with Crippen molar-refractivity contribution >= 4 is 34.1 Å². The van der Waals surface area contributed by atoms with Crippen LogP contribution in [0.3, 0.4) is 0 Å². The van der Waals surface area contributed by atoms with Gasteiger partial charge in [0.25, 0.3) is 5.91 Å². The molecule has 0 atom stereocenters. The lowest BCUT2D eigenvalue weighted by molar-refractivity contribution is -0.120. The third kappa shape index (κ3) is 2.55. The number of rotatable bonds is 2. The Morgan fingerprint density at radius 2 is 1.96 bits per heavy atom. The van der Waals surface area contributed by atoms with E-state index in [-0.39, 0.29) is 12.5 Å². The van der Waals surface area contributed by atoms with Gasteiger partial charge in [0, 0.05) is 30.9 Å². The molecule has 2 aromatic heterocycles. The second-order valence-corrected chi connectivity index (χ2v) is 7.31. The first-order valence-corrected chi connectivity index (χ1v) is 9.39. The maximum absolute atomic E-state index is 11.9. The first-order valence-electron chi connectivity index (χ1n) is 9.39. The first-order chi connectivity index (χ1) is 13.1. The lowest BCUT2D eigenvalue weighted by atomic mass is 9.96. The van der Waals surface area contributed by atoms with Crippen LogP contribution in [0.4, 0.5) is 17.2 Å². The van der Waals surface area contributed by atoms with Gasteiger partial charge in [-0.3, -0.25) is 4.79 Å². The second kappa shape index (κ2) is 6.01. The van der Waals surface area contributed by atoms with E-state index >= 15 is 0 Å². The molecule has 0 saturated carbocycles. The van der Waals surface area contributed by atoms with Crippen molar-refractivity contribution < 1.29 is 9.53 Å². The molecule has 1 aliphatic carbocycles. The maximum Gasteiger partial charge on any atom is 0.264 e. The van der Waals surface area contributed by atoms with Gasteiger partial charge >= 0.3 is 0 Å².